The van der Waals surface area contributed by atoms with Crippen LogP contribution in [0.3, 0.4) is 0 Å². The fraction of sp³-hybridized carbons (Fsp3) is 0.824. The lowest BCUT2D eigenvalue weighted by Crippen LogP contribution is -2.53. The van der Waals surface area contributed by atoms with Gasteiger partial charge in [-0.25, -0.2) is 0 Å². The molecule has 3 rings (SSSR count). The first-order valence-electron chi connectivity index (χ1n) is 8.73. The maximum Gasteiger partial charge on any atom is 0.114 e. The van der Waals surface area contributed by atoms with Crippen molar-refractivity contribution >= 4 is 0 Å². The summed E-state index contributed by atoms with van der Waals surface area (Å²) in [7, 11) is 0. The summed E-state index contributed by atoms with van der Waals surface area (Å²) in [5, 5.41) is 15.6. The van der Waals surface area contributed by atoms with Gasteiger partial charge in [-0.3, -0.25) is 9.58 Å². The molecule has 1 aromatic rings. The zero-order chi connectivity index (χ0) is 14.7. The van der Waals surface area contributed by atoms with Gasteiger partial charge in [0.25, 0.3) is 0 Å². The molecule has 0 radical (unpaired) electrons. The predicted molar refractivity (Wildman–Crippen MR) is 84.1 cm³/mol. The van der Waals surface area contributed by atoms with Crippen LogP contribution in [0.2, 0.25) is 0 Å². The molecule has 4 nitrogen and oxygen atoms in total. The average Bonchev–Trinajstić information content (AvgIpc) is 3.18. The van der Waals surface area contributed by atoms with Gasteiger partial charge in [0.2, 0.25) is 0 Å². The molecule has 0 bridgehead atoms. The highest BCUT2D eigenvalue weighted by Gasteiger charge is 2.47. The van der Waals surface area contributed by atoms with Crippen molar-refractivity contribution in [1.82, 2.24) is 14.7 Å². The Labute approximate surface area is 128 Å². The molecule has 1 saturated heterocycles. The smallest absolute Gasteiger partial charge is 0.114 e. The molecule has 21 heavy (non-hydrogen) atoms. The largest absolute Gasteiger partial charge is 0.385 e. The van der Waals surface area contributed by atoms with Crippen LogP contribution in [-0.2, 0) is 6.54 Å². The molecule has 2 heterocycles. The number of likely N-dealkylation sites (tertiary alicyclic amines) is 1. The van der Waals surface area contributed by atoms with Gasteiger partial charge < -0.3 is 5.11 Å². The Morgan fingerprint density at radius 2 is 1.90 bits per heavy atom. The molecule has 1 aromatic heterocycles. The average molecular weight is 291 g/mol. The van der Waals surface area contributed by atoms with Gasteiger partial charge in [0.15, 0.2) is 0 Å². The van der Waals surface area contributed by atoms with Gasteiger partial charge in [-0.2, -0.15) is 5.10 Å². The Hall–Kier alpha value is -0.870. The number of hydrogen-bond acceptors (Lipinski definition) is 3. The Morgan fingerprint density at radius 3 is 2.57 bits per heavy atom. The first-order valence-corrected chi connectivity index (χ1v) is 8.73. The lowest BCUT2D eigenvalue weighted by molar-refractivity contribution is -0.0444. The van der Waals surface area contributed by atoms with Crippen LogP contribution in [0.5, 0.6) is 0 Å². The molecule has 1 unspecified atom stereocenters. The second-order valence-corrected chi connectivity index (χ2v) is 6.74. The summed E-state index contributed by atoms with van der Waals surface area (Å²) in [6.07, 6.45) is 11.2. The van der Waals surface area contributed by atoms with Gasteiger partial charge in [0.05, 0.1) is 11.2 Å². The highest BCUT2D eigenvalue weighted by atomic mass is 16.3. The molecule has 118 valence electrons. The highest BCUT2D eigenvalue weighted by molar-refractivity contribution is 5.15. The van der Waals surface area contributed by atoms with E-state index < -0.39 is 6.10 Å². The van der Waals surface area contributed by atoms with E-state index in [0.29, 0.717) is 0 Å². The van der Waals surface area contributed by atoms with Crippen LogP contribution in [0.15, 0.2) is 12.3 Å². The summed E-state index contributed by atoms with van der Waals surface area (Å²) in [5.74, 6) is 0. The number of aliphatic hydroxyl groups excluding tert-OH is 1. The van der Waals surface area contributed by atoms with Gasteiger partial charge in [-0.1, -0.05) is 26.2 Å². The normalized spacial score (nSPS) is 24.3. The number of aliphatic hydroxyl groups is 1. The standard InChI is InChI=1S/C17H29N3O/c1-2-12-20-15(8-11-18-20)16(21)17(9-4-5-10-17)19-13-6-3-7-14-19/h8,11,16,21H,2-7,9-10,12-14H2,1H3. The van der Waals surface area contributed by atoms with Crippen molar-refractivity contribution in [3.05, 3.63) is 18.0 Å². The molecule has 1 atom stereocenters. The summed E-state index contributed by atoms with van der Waals surface area (Å²) in [6, 6.07) is 2.02. The van der Waals surface area contributed by atoms with E-state index >= 15 is 0 Å². The molecule has 4 heteroatoms. The fourth-order valence-electron chi connectivity index (χ4n) is 4.34. The lowest BCUT2D eigenvalue weighted by Gasteiger charge is -2.46. The van der Waals surface area contributed by atoms with Gasteiger partial charge in [-0.05, 0) is 51.3 Å². The molecule has 1 aliphatic carbocycles. The quantitative estimate of drug-likeness (QED) is 0.906. The molecule has 1 N–H and O–H groups in total. The molecule has 1 saturated carbocycles. The SMILES string of the molecule is CCCn1nccc1C(O)C1(N2CCCCC2)CCCC1. The minimum Gasteiger partial charge on any atom is -0.385 e. The molecule has 0 aromatic carbocycles. The number of rotatable bonds is 5. The number of aromatic nitrogens is 2. The number of piperidine rings is 1. The van der Waals surface area contributed by atoms with E-state index in [1.807, 2.05) is 16.9 Å². The molecule has 1 aliphatic heterocycles. The van der Waals surface area contributed by atoms with E-state index in [1.165, 1.54) is 32.1 Å². The Morgan fingerprint density at radius 1 is 1.19 bits per heavy atom. The zero-order valence-electron chi connectivity index (χ0n) is 13.3. The first-order chi connectivity index (χ1) is 10.3. The monoisotopic (exact) mass is 291 g/mol. The molecular formula is C17H29N3O. The Balaban J connectivity index is 1.87. The maximum atomic E-state index is 11.2. The molecular weight excluding hydrogens is 262 g/mol. The van der Waals surface area contributed by atoms with E-state index in [0.717, 1.165) is 44.6 Å². The maximum absolute atomic E-state index is 11.2. The summed E-state index contributed by atoms with van der Waals surface area (Å²) < 4.78 is 2.01. The molecule has 2 fully saturated rings. The number of aryl methyl sites for hydroxylation is 1. The Kier molecular flexibility index (Phi) is 4.65. The third-order valence-electron chi connectivity index (χ3n) is 5.43. The van der Waals surface area contributed by atoms with Gasteiger partial charge in [0.1, 0.15) is 6.10 Å². The van der Waals surface area contributed by atoms with Crippen LogP contribution in [0.25, 0.3) is 0 Å². The highest BCUT2D eigenvalue weighted by Crippen LogP contribution is 2.45. The minimum absolute atomic E-state index is 0.0358. The van der Waals surface area contributed by atoms with E-state index in [2.05, 4.69) is 16.9 Å². The number of hydrogen-bond donors (Lipinski definition) is 1. The van der Waals surface area contributed by atoms with Crippen molar-refractivity contribution in [2.75, 3.05) is 13.1 Å². The summed E-state index contributed by atoms with van der Waals surface area (Å²) in [5.41, 5.74) is 0.982. The van der Waals surface area contributed by atoms with Crippen molar-refractivity contribution in [2.45, 2.75) is 76.5 Å². The Bertz CT molecular complexity index is 445. The third-order valence-corrected chi connectivity index (χ3v) is 5.43. The van der Waals surface area contributed by atoms with Crippen LogP contribution < -0.4 is 0 Å². The van der Waals surface area contributed by atoms with Crippen LogP contribution in [0.4, 0.5) is 0 Å². The van der Waals surface area contributed by atoms with E-state index in [9.17, 15) is 5.11 Å². The van der Waals surface area contributed by atoms with Crippen LogP contribution >= 0.6 is 0 Å². The van der Waals surface area contributed by atoms with Crippen LogP contribution in [0, 0.1) is 0 Å². The summed E-state index contributed by atoms with van der Waals surface area (Å²) in [4.78, 5) is 2.59. The molecule has 2 aliphatic rings. The van der Waals surface area contributed by atoms with Crippen molar-refractivity contribution in [3.63, 3.8) is 0 Å². The lowest BCUT2D eigenvalue weighted by atomic mass is 9.84. The van der Waals surface area contributed by atoms with E-state index in [-0.39, 0.29) is 5.54 Å². The topological polar surface area (TPSA) is 41.3 Å². The van der Waals surface area contributed by atoms with Gasteiger partial charge >= 0.3 is 0 Å². The molecule has 0 amide bonds. The van der Waals surface area contributed by atoms with Gasteiger partial charge in [0, 0.05) is 12.7 Å². The van der Waals surface area contributed by atoms with Crippen LogP contribution in [0.1, 0.15) is 70.1 Å². The fourth-order valence-corrected chi connectivity index (χ4v) is 4.34. The van der Waals surface area contributed by atoms with Crippen molar-refractivity contribution in [2.24, 2.45) is 0 Å². The van der Waals surface area contributed by atoms with E-state index in [1.54, 1.807) is 0 Å². The predicted octanol–water partition coefficient (Wildman–Crippen LogP) is 3.13. The second kappa shape index (κ2) is 6.49. The molecule has 0 spiro atoms. The number of nitrogens with zero attached hydrogens (tertiary/aromatic N) is 3. The summed E-state index contributed by atoms with van der Waals surface area (Å²) >= 11 is 0. The van der Waals surface area contributed by atoms with Crippen LogP contribution in [-0.4, -0.2) is 38.4 Å². The minimum atomic E-state index is -0.396. The van der Waals surface area contributed by atoms with E-state index in [4.69, 9.17) is 0 Å². The summed E-state index contributed by atoms with van der Waals surface area (Å²) in [6.45, 7) is 5.36. The van der Waals surface area contributed by atoms with Crippen molar-refractivity contribution < 1.29 is 5.11 Å². The van der Waals surface area contributed by atoms with Crippen molar-refractivity contribution in [3.8, 4) is 0 Å². The third kappa shape index (κ3) is 2.76. The van der Waals surface area contributed by atoms with Crippen molar-refractivity contribution in [1.29, 1.82) is 0 Å². The first kappa shape index (κ1) is 15.0. The second-order valence-electron chi connectivity index (χ2n) is 6.74. The zero-order valence-corrected chi connectivity index (χ0v) is 13.3. The van der Waals surface area contributed by atoms with Gasteiger partial charge in [-0.15, -0.1) is 0 Å².